The molecule has 28 heavy (non-hydrogen) atoms. The molecule has 4 rings (SSSR count). The predicted octanol–water partition coefficient (Wildman–Crippen LogP) is 4.46. The van der Waals surface area contributed by atoms with Gasteiger partial charge >= 0.3 is 0 Å². The van der Waals surface area contributed by atoms with Gasteiger partial charge in [-0.15, -0.1) is 11.3 Å². The number of anilines is 1. The fourth-order valence-corrected chi connectivity index (χ4v) is 3.86. The van der Waals surface area contributed by atoms with Crippen LogP contribution < -0.4 is 10.9 Å². The molecule has 2 aromatic carbocycles. The molecule has 0 saturated heterocycles. The van der Waals surface area contributed by atoms with Crippen LogP contribution in [-0.2, 0) is 4.79 Å². The zero-order chi connectivity index (χ0) is 19.7. The third kappa shape index (κ3) is 3.32. The summed E-state index contributed by atoms with van der Waals surface area (Å²) < 4.78 is 14.6. The molecule has 0 fully saturated rings. The second kappa shape index (κ2) is 7.36. The molecule has 1 amide bonds. The van der Waals surface area contributed by atoms with Gasteiger partial charge in [0.15, 0.2) is 0 Å². The van der Waals surface area contributed by atoms with Crippen molar-refractivity contribution in [2.75, 3.05) is 5.32 Å². The summed E-state index contributed by atoms with van der Waals surface area (Å²) in [7, 11) is 0. The van der Waals surface area contributed by atoms with Crippen molar-refractivity contribution in [1.29, 1.82) is 0 Å². The lowest BCUT2D eigenvalue weighted by atomic mass is 10.1. The van der Waals surface area contributed by atoms with Crippen LogP contribution in [-0.4, -0.2) is 15.5 Å². The van der Waals surface area contributed by atoms with Gasteiger partial charge in [0.1, 0.15) is 16.7 Å². The summed E-state index contributed by atoms with van der Waals surface area (Å²) in [5, 5.41) is 5.05. The normalized spacial score (nSPS) is 12.1. The highest BCUT2D eigenvalue weighted by atomic mass is 32.1. The van der Waals surface area contributed by atoms with Crippen LogP contribution in [0.15, 0.2) is 71.1 Å². The first-order valence-corrected chi connectivity index (χ1v) is 9.53. The van der Waals surface area contributed by atoms with E-state index in [2.05, 4.69) is 10.3 Å². The Morgan fingerprint density at radius 2 is 1.86 bits per heavy atom. The smallest absolute Gasteiger partial charge is 0.263 e. The average molecular weight is 393 g/mol. The van der Waals surface area contributed by atoms with E-state index in [-0.39, 0.29) is 17.3 Å². The molecule has 2 aromatic heterocycles. The van der Waals surface area contributed by atoms with Crippen molar-refractivity contribution in [1.82, 2.24) is 9.55 Å². The van der Waals surface area contributed by atoms with Gasteiger partial charge < -0.3 is 5.32 Å². The molecule has 7 heteroatoms. The van der Waals surface area contributed by atoms with Gasteiger partial charge in [0.2, 0.25) is 5.91 Å². The van der Waals surface area contributed by atoms with Crippen molar-refractivity contribution in [3.8, 4) is 11.1 Å². The van der Waals surface area contributed by atoms with Crippen LogP contribution in [0.4, 0.5) is 10.1 Å². The molecule has 140 valence electrons. The lowest BCUT2D eigenvalue weighted by Crippen LogP contribution is -2.31. The van der Waals surface area contributed by atoms with Crippen LogP contribution in [0.25, 0.3) is 21.3 Å². The molecule has 5 nitrogen and oxygen atoms in total. The minimum atomic E-state index is -0.745. The summed E-state index contributed by atoms with van der Waals surface area (Å²) in [5.41, 5.74) is 1.76. The minimum Gasteiger partial charge on any atom is -0.324 e. The number of amides is 1. The van der Waals surface area contributed by atoms with Crippen LogP contribution >= 0.6 is 11.3 Å². The monoisotopic (exact) mass is 393 g/mol. The summed E-state index contributed by atoms with van der Waals surface area (Å²) in [6.45, 7) is 1.65. The maximum atomic E-state index is 13.2. The van der Waals surface area contributed by atoms with Gasteiger partial charge in [-0.25, -0.2) is 9.37 Å². The number of hydrogen-bond donors (Lipinski definition) is 1. The van der Waals surface area contributed by atoms with Crippen LogP contribution in [0, 0.1) is 5.82 Å². The highest BCUT2D eigenvalue weighted by Crippen LogP contribution is 2.31. The number of fused-ring (bicyclic) bond motifs is 1. The van der Waals surface area contributed by atoms with Gasteiger partial charge in [0, 0.05) is 16.6 Å². The number of thiophene rings is 1. The summed E-state index contributed by atoms with van der Waals surface area (Å²) >= 11 is 1.34. The van der Waals surface area contributed by atoms with Gasteiger partial charge in [-0.1, -0.05) is 30.3 Å². The maximum absolute atomic E-state index is 13.2. The fraction of sp³-hybridized carbons (Fsp3) is 0.0952. The maximum Gasteiger partial charge on any atom is 0.263 e. The minimum absolute atomic E-state index is 0.304. The second-order valence-corrected chi connectivity index (χ2v) is 7.18. The second-order valence-electron chi connectivity index (χ2n) is 6.32. The van der Waals surface area contributed by atoms with Gasteiger partial charge in [0.05, 0.1) is 11.7 Å². The number of para-hydroxylation sites is 1. The Kier molecular flexibility index (Phi) is 4.75. The van der Waals surface area contributed by atoms with Crippen molar-refractivity contribution in [2.24, 2.45) is 0 Å². The van der Waals surface area contributed by atoms with E-state index < -0.39 is 6.04 Å². The van der Waals surface area contributed by atoms with Crippen LogP contribution in [0.1, 0.15) is 13.0 Å². The van der Waals surface area contributed by atoms with Crippen molar-refractivity contribution in [3.05, 3.63) is 82.5 Å². The molecular weight excluding hydrogens is 377 g/mol. The molecule has 0 aliphatic heterocycles. The van der Waals surface area contributed by atoms with Gasteiger partial charge in [-0.3, -0.25) is 14.2 Å². The average Bonchev–Trinajstić information content (AvgIpc) is 3.14. The van der Waals surface area contributed by atoms with Gasteiger partial charge in [0.25, 0.3) is 5.56 Å². The molecule has 0 bridgehead atoms. The highest BCUT2D eigenvalue weighted by Gasteiger charge is 2.20. The molecule has 1 atom stereocenters. The largest absolute Gasteiger partial charge is 0.324 e. The zero-order valence-electron chi connectivity index (χ0n) is 14.9. The molecule has 0 radical (unpaired) electrons. The number of nitrogens with one attached hydrogen (secondary N) is 1. The number of halogens is 1. The van der Waals surface area contributed by atoms with Crippen molar-refractivity contribution in [3.63, 3.8) is 0 Å². The van der Waals surface area contributed by atoms with Crippen LogP contribution in [0.3, 0.4) is 0 Å². The van der Waals surface area contributed by atoms with E-state index in [0.29, 0.717) is 21.5 Å². The van der Waals surface area contributed by atoms with E-state index in [1.165, 1.54) is 34.4 Å². The van der Waals surface area contributed by atoms with Gasteiger partial charge in [-0.05, 0) is 36.8 Å². The first-order valence-electron chi connectivity index (χ1n) is 8.65. The number of carbonyl (C=O) groups excluding carboxylic acids is 1. The molecular formula is C21H16FN3O2S. The fourth-order valence-electron chi connectivity index (χ4n) is 2.96. The Morgan fingerprint density at radius 3 is 2.57 bits per heavy atom. The third-order valence-electron chi connectivity index (χ3n) is 4.51. The lowest BCUT2D eigenvalue weighted by Gasteiger charge is -2.15. The van der Waals surface area contributed by atoms with E-state index in [0.717, 1.165) is 5.56 Å². The molecule has 4 aromatic rings. The summed E-state index contributed by atoms with van der Waals surface area (Å²) in [6.07, 6.45) is 1.39. The van der Waals surface area contributed by atoms with E-state index in [1.54, 1.807) is 31.2 Å². The Morgan fingerprint density at radius 1 is 1.14 bits per heavy atom. The Labute approximate surface area is 164 Å². The van der Waals surface area contributed by atoms with E-state index in [9.17, 15) is 14.0 Å². The first kappa shape index (κ1) is 18.1. The number of hydrogen-bond acceptors (Lipinski definition) is 4. The van der Waals surface area contributed by atoms with E-state index >= 15 is 0 Å². The number of aromatic nitrogens is 2. The van der Waals surface area contributed by atoms with Crippen LogP contribution in [0.5, 0.6) is 0 Å². The zero-order valence-corrected chi connectivity index (χ0v) is 15.7. The number of nitrogens with zero attached hydrogens (tertiary/aromatic N) is 2. The predicted molar refractivity (Wildman–Crippen MR) is 109 cm³/mol. The molecule has 0 spiro atoms. The highest BCUT2D eigenvalue weighted by molar-refractivity contribution is 7.17. The molecule has 0 unspecified atom stereocenters. The molecule has 0 aliphatic carbocycles. The Hall–Kier alpha value is -3.32. The van der Waals surface area contributed by atoms with E-state index in [4.69, 9.17) is 0 Å². The van der Waals surface area contributed by atoms with Crippen molar-refractivity contribution < 1.29 is 9.18 Å². The topological polar surface area (TPSA) is 64.0 Å². The summed E-state index contributed by atoms with van der Waals surface area (Å²) in [6, 6.07) is 14.3. The first-order chi connectivity index (χ1) is 13.5. The summed E-state index contributed by atoms with van der Waals surface area (Å²) in [5.74, 6) is -0.655. The number of carbonyl (C=O) groups is 1. The Balaban J connectivity index is 1.73. The standard InChI is InChI=1S/C21H16FN3O2S/c1-13(19(26)24-16-5-3-2-4-6-16)25-12-23-20-18(21(25)27)17(11-28-20)14-7-9-15(22)10-8-14/h2-13H,1H3,(H,24,26)/t13-/m1/s1. The quantitative estimate of drug-likeness (QED) is 0.557. The summed E-state index contributed by atoms with van der Waals surface area (Å²) in [4.78, 5) is 30.6. The van der Waals surface area contributed by atoms with Crippen molar-refractivity contribution in [2.45, 2.75) is 13.0 Å². The number of rotatable bonds is 4. The Bertz CT molecular complexity index is 1200. The van der Waals surface area contributed by atoms with Gasteiger partial charge in [-0.2, -0.15) is 0 Å². The SMILES string of the molecule is C[C@H](C(=O)Nc1ccccc1)n1cnc2scc(-c3ccc(F)cc3)c2c1=O. The molecule has 0 aliphatic rings. The van der Waals surface area contributed by atoms with Crippen molar-refractivity contribution >= 4 is 33.1 Å². The molecule has 1 N–H and O–H groups in total. The molecule has 0 saturated carbocycles. The molecule has 2 heterocycles. The number of benzene rings is 2. The lowest BCUT2D eigenvalue weighted by molar-refractivity contribution is -0.118. The van der Waals surface area contributed by atoms with E-state index in [1.807, 2.05) is 23.6 Å². The van der Waals surface area contributed by atoms with Crippen LogP contribution in [0.2, 0.25) is 0 Å². The third-order valence-corrected chi connectivity index (χ3v) is 5.40.